The monoisotopic (exact) mass is 416 g/mol. The number of nitrogens with one attached hydrogen (secondary N) is 2. The molecule has 0 aliphatic carbocycles. The Bertz CT molecular complexity index is 699. The Kier molecular flexibility index (Phi) is 9.46. The fraction of sp³-hybridized carbons (Fsp3) is 0.500. The topological polar surface area (TPSA) is 58.2 Å². The van der Waals surface area contributed by atoms with Gasteiger partial charge in [0.05, 0.1) is 54.4 Å². The van der Waals surface area contributed by atoms with Gasteiger partial charge in [-0.15, -0.1) is 0 Å². The van der Waals surface area contributed by atoms with Gasteiger partial charge in [0.25, 0.3) is 0 Å². The highest BCUT2D eigenvalue weighted by atomic mass is 16.2. The first kappa shape index (κ1) is 25.6. The molecule has 2 amide bonds. The summed E-state index contributed by atoms with van der Waals surface area (Å²) in [5.74, 6) is -0.168. The van der Waals surface area contributed by atoms with Crippen molar-refractivity contribution >= 4 is 11.8 Å². The minimum Gasteiger partial charge on any atom is -0.347 e. The van der Waals surface area contributed by atoms with Gasteiger partial charge >= 0.3 is 0 Å². The van der Waals surface area contributed by atoms with Gasteiger partial charge in [-0.3, -0.25) is 9.59 Å². The summed E-state index contributed by atoms with van der Waals surface area (Å²) in [5, 5.41) is 5.80. The Morgan fingerprint density at radius 2 is 1.03 bits per heavy atom. The number of hydrogen-bond acceptors (Lipinski definition) is 2. The highest BCUT2D eigenvalue weighted by Crippen LogP contribution is 2.14. The fourth-order valence-corrected chi connectivity index (χ4v) is 3.14. The van der Waals surface area contributed by atoms with Crippen molar-refractivity contribution < 1.29 is 18.6 Å². The quantitative estimate of drug-likeness (QED) is 0.406. The van der Waals surface area contributed by atoms with E-state index < -0.39 is 0 Å². The Labute approximate surface area is 182 Å². The van der Waals surface area contributed by atoms with E-state index in [9.17, 15) is 9.59 Å². The molecule has 0 fully saturated rings. The molecular weight excluding hydrogens is 376 g/mol. The number of benzene rings is 1. The SMILES string of the molecule is C=C(C)C(=O)NCC[N+](C)(C)Cc1ccc(C[N+](C)(C)CCNC(=O)C(=C)C)cc1. The second-order valence-electron chi connectivity index (χ2n) is 9.52. The third-order valence-electron chi connectivity index (χ3n) is 5.02. The Morgan fingerprint density at radius 3 is 1.30 bits per heavy atom. The summed E-state index contributed by atoms with van der Waals surface area (Å²) < 4.78 is 1.58. The summed E-state index contributed by atoms with van der Waals surface area (Å²) in [7, 11) is 8.67. The van der Waals surface area contributed by atoms with Crippen LogP contribution in [0.25, 0.3) is 0 Å². The number of amides is 2. The molecule has 0 aromatic heterocycles. The van der Waals surface area contributed by atoms with E-state index in [1.165, 1.54) is 11.1 Å². The maximum atomic E-state index is 11.6. The Balaban J connectivity index is 2.53. The van der Waals surface area contributed by atoms with E-state index in [4.69, 9.17) is 0 Å². The summed E-state index contributed by atoms with van der Waals surface area (Å²) in [6, 6.07) is 8.74. The van der Waals surface area contributed by atoms with Crippen LogP contribution < -0.4 is 10.6 Å². The number of rotatable bonds is 12. The molecule has 0 radical (unpaired) electrons. The van der Waals surface area contributed by atoms with Crippen LogP contribution in [0, 0.1) is 0 Å². The lowest BCUT2D eigenvalue weighted by Gasteiger charge is -2.31. The zero-order valence-electron chi connectivity index (χ0n) is 19.7. The van der Waals surface area contributed by atoms with Gasteiger partial charge in [0.15, 0.2) is 0 Å². The molecule has 0 saturated heterocycles. The van der Waals surface area contributed by atoms with Crippen LogP contribution >= 0.6 is 0 Å². The van der Waals surface area contributed by atoms with Crippen LogP contribution in [0.3, 0.4) is 0 Å². The minimum atomic E-state index is -0.0840. The summed E-state index contributed by atoms with van der Waals surface area (Å²) in [6.07, 6.45) is 0. The highest BCUT2D eigenvalue weighted by molar-refractivity contribution is 5.92. The summed E-state index contributed by atoms with van der Waals surface area (Å²) in [4.78, 5) is 23.2. The van der Waals surface area contributed by atoms with Crippen LogP contribution in [0.5, 0.6) is 0 Å². The molecule has 0 bridgehead atoms. The maximum Gasteiger partial charge on any atom is 0.246 e. The molecule has 166 valence electrons. The normalized spacial score (nSPS) is 11.7. The van der Waals surface area contributed by atoms with Crippen LogP contribution in [-0.4, -0.2) is 75.2 Å². The van der Waals surface area contributed by atoms with E-state index in [1.807, 2.05) is 0 Å². The molecule has 0 unspecified atom stereocenters. The molecule has 6 heteroatoms. The van der Waals surface area contributed by atoms with Crippen molar-refractivity contribution in [3.8, 4) is 0 Å². The maximum absolute atomic E-state index is 11.6. The summed E-state index contributed by atoms with van der Waals surface area (Å²) in [6.45, 7) is 15.5. The molecule has 30 heavy (non-hydrogen) atoms. The zero-order chi connectivity index (χ0) is 22.9. The molecule has 0 spiro atoms. The standard InChI is InChI=1S/C24H38N4O2/c1-19(2)23(29)25-13-15-27(5,6)17-21-9-11-22(12-10-21)18-28(7,8)16-14-26-24(30)20(3)4/h9-12H,1,3,13-18H2,2,4-8H3/p+2. The first-order valence-corrected chi connectivity index (χ1v) is 10.4. The highest BCUT2D eigenvalue weighted by Gasteiger charge is 2.18. The van der Waals surface area contributed by atoms with Crippen molar-refractivity contribution in [2.75, 3.05) is 54.4 Å². The number of carbonyl (C=O) groups is 2. The predicted molar refractivity (Wildman–Crippen MR) is 123 cm³/mol. The van der Waals surface area contributed by atoms with Crippen LogP contribution in [0.1, 0.15) is 25.0 Å². The first-order chi connectivity index (χ1) is 13.8. The van der Waals surface area contributed by atoms with Crippen LogP contribution in [0.4, 0.5) is 0 Å². The molecule has 1 aromatic carbocycles. The molecule has 0 heterocycles. The van der Waals surface area contributed by atoms with E-state index >= 15 is 0 Å². The average Bonchev–Trinajstić information content (AvgIpc) is 2.62. The summed E-state index contributed by atoms with van der Waals surface area (Å²) >= 11 is 0. The molecule has 0 aliphatic rings. The van der Waals surface area contributed by atoms with Crippen LogP contribution in [0.2, 0.25) is 0 Å². The molecule has 0 atom stereocenters. The van der Waals surface area contributed by atoms with Gasteiger partial charge in [-0.25, -0.2) is 0 Å². The number of likely N-dealkylation sites (N-methyl/N-ethyl adjacent to an activating group) is 2. The van der Waals surface area contributed by atoms with Crippen molar-refractivity contribution in [3.05, 3.63) is 59.7 Å². The average molecular weight is 417 g/mol. The first-order valence-electron chi connectivity index (χ1n) is 10.4. The van der Waals surface area contributed by atoms with E-state index in [-0.39, 0.29) is 11.8 Å². The smallest absolute Gasteiger partial charge is 0.246 e. The summed E-state index contributed by atoms with van der Waals surface area (Å²) in [5.41, 5.74) is 3.62. The van der Waals surface area contributed by atoms with Gasteiger partial charge in [0.2, 0.25) is 11.8 Å². The lowest BCUT2D eigenvalue weighted by molar-refractivity contribution is -0.902. The molecule has 1 aromatic rings. The van der Waals surface area contributed by atoms with Crippen molar-refractivity contribution in [1.82, 2.24) is 10.6 Å². The van der Waals surface area contributed by atoms with Crippen molar-refractivity contribution in [2.24, 2.45) is 0 Å². The molecule has 6 nitrogen and oxygen atoms in total. The van der Waals surface area contributed by atoms with E-state index in [0.717, 1.165) is 35.1 Å². The largest absolute Gasteiger partial charge is 0.347 e. The predicted octanol–water partition coefficient (Wildman–Crippen LogP) is 2.22. The Hall–Kier alpha value is -2.44. The van der Waals surface area contributed by atoms with Gasteiger partial charge in [-0.2, -0.15) is 0 Å². The molecule has 1 rings (SSSR count). The van der Waals surface area contributed by atoms with Gasteiger partial charge in [-0.05, 0) is 13.8 Å². The molecule has 0 saturated carbocycles. The number of carbonyl (C=O) groups excluding carboxylic acids is 2. The van der Waals surface area contributed by atoms with E-state index in [0.29, 0.717) is 24.2 Å². The number of quaternary nitrogens is 2. The number of nitrogens with zero attached hydrogens (tertiary/aromatic N) is 2. The van der Waals surface area contributed by atoms with Crippen molar-refractivity contribution in [1.29, 1.82) is 0 Å². The molecule has 0 aliphatic heterocycles. The van der Waals surface area contributed by atoms with Crippen molar-refractivity contribution in [2.45, 2.75) is 26.9 Å². The van der Waals surface area contributed by atoms with E-state index in [2.05, 4.69) is 76.2 Å². The van der Waals surface area contributed by atoms with Gasteiger partial charge in [-0.1, -0.05) is 37.4 Å². The van der Waals surface area contributed by atoms with E-state index in [1.54, 1.807) is 13.8 Å². The second kappa shape index (κ2) is 11.1. The Morgan fingerprint density at radius 1 is 0.733 bits per heavy atom. The molecule has 2 N–H and O–H groups in total. The zero-order valence-corrected chi connectivity index (χ0v) is 19.7. The third kappa shape index (κ3) is 9.85. The lowest BCUT2D eigenvalue weighted by atomic mass is 10.1. The number of hydrogen-bond donors (Lipinski definition) is 2. The van der Waals surface area contributed by atoms with Crippen molar-refractivity contribution in [3.63, 3.8) is 0 Å². The lowest BCUT2D eigenvalue weighted by Crippen LogP contribution is -2.45. The van der Waals surface area contributed by atoms with Gasteiger partial charge in [0.1, 0.15) is 13.1 Å². The minimum absolute atomic E-state index is 0.0840. The third-order valence-corrected chi connectivity index (χ3v) is 5.02. The van der Waals surface area contributed by atoms with Crippen LogP contribution in [-0.2, 0) is 22.7 Å². The van der Waals surface area contributed by atoms with Gasteiger partial charge < -0.3 is 19.6 Å². The second-order valence-corrected chi connectivity index (χ2v) is 9.52. The van der Waals surface area contributed by atoms with Crippen LogP contribution in [0.15, 0.2) is 48.6 Å². The van der Waals surface area contributed by atoms with Gasteiger partial charge in [0, 0.05) is 22.3 Å². The fourth-order valence-electron chi connectivity index (χ4n) is 3.14. The molecular formula is C24H40N4O2+2.